The molecule has 11 heavy (non-hydrogen) atoms. The van der Waals surface area contributed by atoms with Crippen LogP contribution in [-0.4, -0.2) is 11.1 Å². The lowest BCUT2D eigenvalue weighted by Gasteiger charge is -2.41. The molecular formula is C9H14O2. The molecule has 0 heterocycles. The number of rotatable bonds is 1. The lowest BCUT2D eigenvalue weighted by Crippen LogP contribution is -2.40. The summed E-state index contributed by atoms with van der Waals surface area (Å²) in [7, 11) is 0. The average molecular weight is 154 g/mol. The summed E-state index contributed by atoms with van der Waals surface area (Å²) in [5.74, 6) is 0.112. The minimum atomic E-state index is -0.597. The molecule has 0 aliphatic heterocycles. The maximum atomic E-state index is 11.0. The first-order valence-corrected chi connectivity index (χ1v) is 4.21. The highest BCUT2D eigenvalue weighted by Gasteiger charge is 2.64. The van der Waals surface area contributed by atoms with Crippen LogP contribution in [0.3, 0.4) is 0 Å². The van der Waals surface area contributed by atoms with Crippen LogP contribution in [0, 0.1) is 16.7 Å². The van der Waals surface area contributed by atoms with Crippen molar-refractivity contribution >= 4 is 5.97 Å². The minimum Gasteiger partial charge on any atom is -0.481 e. The summed E-state index contributed by atoms with van der Waals surface area (Å²) in [5, 5.41) is 9.03. The van der Waals surface area contributed by atoms with Gasteiger partial charge in [0.15, 0.2) is 0 Å². The van der Waals surface area contributed by atoms with Crippen molar-refractivity contribution in [1.29, 1.82) is 0 Å². The largest absolute Gasteiger partial charge is 0.481 e. The molecule has 2 heteroatoms. The molecule has 0 saturated heterocycles. The SMILES string of the molecule is CC12CC(C1)CC2(C)C(=O)O. The van der Waals surface area contributed by atoms with Crippen LogP contribution >= 0.6 is 0 Å². The molecule has 1 N–H and O–H groups in total. The van der Waals surface area contributed by atoms with Crippen LogP contribution in [0.5, 0.6) is 0 Å². The van der Waals surface area contributed by atoms with E-state index in [2.05, 4.69) is 6.92 Å². The summed E-state index contributed by atoms with van der Waals surface area (Å²) in [6, 6.07) is 0. The molecule has 3 aliphatic carbocycles. The Balaban J connectivity index is 2.34. The van der Waals surface area contributed by atoms with Crippen LogP contribution < -0.4 is 0 Å². The third-order valence-electron chi connectivity index (χ3n) is 3.98. The van der Waals surface area contributed by atoms with Crippen molar-refractivity contribution < 1.29 is 9.90 Å². The Morgan fingerprint density at radius 2 is 1.91 bits per heavy atom. The number of hydrogen-bond acceptors (Lipinski definition) is 1. The molecule has 0 aromatic rings. The molecular weight excluding hydrogens is 140 g/mol. The van der Waals surface area contributed by atoms with E-state index in [1.54, 1.807) is 0 Å². The molecule has 62 valence electrons. The molecule has 3 rings (SSSR count). The van der Waals surface area contributed by atoms with Crippen LogP contribution in [0.1, 0.15) is 33.1 Å². The Morgan fingerprint density at radius 3 is 2.09 bits per heavy atom. The Kier molecular flexibility index (Phi) is 1.05. The van der Waals surface area contributed by atoms with Crippen LogP contribution in [0.15, 0.2) is 0 Å². The molecule has 2 bridgehead atoms. The van der Waals surface area contributed by atoms with E-state index in [1.165, 1.54) is 0 Å². The summed E-state index contributed by atoms with van der Waals surface area (Å²) >= 11 is 0. The van der Waals surface area contributed by atoms with E-state index in [9.17, 15) is 4.79 Å². The molecule has 1 unspecified atom stereocenters. The molecule has 3 saturated carbocycles. The average Bonchev–Trinajstić information content (AvgIpc) is 2.17. The second-order valence-electron chi connectivity index (χ2n) is 4.68. The molecule has 0 aromatic heterocycles. The van der Waals surface area contributed by atoms with Crippen molar-refractivity contribution in [2.45, 2.75) is 33.1 Å². The van der Waals surface area contributed by atoms with E-state index in [1.807, 2.05) is 6.92 Å². The normalized spacial score (nSPS) is 53.8. The number of carbonyl (C=O) groups is 1. The lowest BCUT2D eigenvalue weighted by atomic mass is 9.62. The van der Waals surface area contributed by atoms with Crippen molar-refractivity contribution in [2.75, 3.05) is 0 Å². The summed E-state index contributed by atoms with van der Waals surface area (Å²) in [6.45, 7) is 4.02. The lowest BCUT2D eigenvalue weighted by molar-refractivity contribution is -0.153. The third-order valence-corrected chi connectivity index (χ3v) is 3.98. The number of hydrogen-bond donors (Lipinski definition) is 1. The van der Waals surface area contributed by atoms with E-state index in [0.29, 0.717) is 5.92 Å². The number of fused-ring (bicyclic) bond motifs is 1. The third kappa shape index (κ3) is 0.608. The Morgan fingerprint density at radius 1 is 1.36 bits per heavy atom. The van der Waals surface area contributed by atoms with Crippen LogP contribution in [0.4, 0.5) is 0 Å². The predicted octanol–water partition coefficient (Wildman–Crippen LogP) is 1.90. The minimum absolute atomic E-state index is 0.115. The fraction of sp³-hybridized carbons (Fsp3) is 0.889. The van der Waals surface area contributed by atoms with Crippen molar-refractivity contribution in [3.63, 3.8) is 0 Å². The van der Waals surface area contributed by atoms with Crippen molar-refractivity contribution in [3.05, 3.63) is 0 Å². The standard InChI is InChI=1S/C9H14O2/c1-8-3-6(4-8)5-9(8,2)7(10)11/h6H,3-5H2,1-2H3,(H,10,11). The van der Waals surface area contributed by atoms with Crippen LogP contribution in [0.2, 0.25) is 0 Å². The molecule has 0 aromatic carbocycles. The zero-order valence-electron chi connectivity index (χ0n) is 7.05. The van der Waals surface area contributed by atoms with Gasteiger partial charge in [0.25, 0.3) is 0 Å². The van der Waals surface area contributed by atoms with E-state index in [-0.39, 0.29) is 5.41 Å². The zero-order valence-corrected chi connectivity index (χ0v) is 7.05. The van der Waals surface area contributed by atoms with Crippen LogP contribution in [-0.2, 0) is 4.79 Å². The topological polar surface area (TPSA) is 37.3 Å². The Labute approximate surface area is 66.6 Å². The van der Waals surface area contributed by atoms with Gasteiger partial charge in [-0.05, 0) is 37.5 Å². The highest BCUT2D eigenvalue weighted by Crippen LogP contribution is 2.68. The van der Waals surface area contributed by atoms with Gasteiger partial charge in [-0.3, -0.25) is 4.79 Å². The Bertz CT molecular complexity index is 216. The summed E-state index contributed by atoms with van der Waals surface area (Å²) in [4.78, 5) is 11.0. The predicted molar refractivity (Wildman–Crippen MR) is 41.2 cm³/mol. The van der Waals surface area contributed by atoms with Crippen LogP contribution in [0.25, 0.3) is 0 Å². The second-order valence-corrected chi connectivity index (χ2v) is 4.68. The van der Waals surface area contributed by atoms with Gasteiger partial charge in [0, 0.05) is 0 Å². The van der Waals surface area contributed by atoms with Gasteiger partial charge in [0.1, 0.15) is 0 Å². The summed E-state index contributed by atoms with van der Waals surface area (Å²) in [5.41, 5.74) is -0.304. The number of carboxylic acids is 1. The molecule has 3 aliphatic rings. The first-order chi connectivity index (χ1) is 4.98. The maximum absolute atomic E-state index is 11.0. The smallest absolute Gasteiger partial charge is 0.309 e. The molecule has 0 radical (unpaired) electrons. The zero-order chi connectivity index (χ0) is 8.28. The van der Waals surface area contributed by atoms with Crippen molar-refractivity contribution in [3.8, 4) is 0 Å². The first-order valence-electron chi connectivity index (χ1n) is 4.21. The van der Waals surface area contributed by atoms with E-state index < -0.39 is 11.4 Å². The monoisotopic (exact) mass is 154 g/mol. The molecule has 1 atom stereocenters. The molecule has 2 nitrogen and oxygen atoms in total. The van der Waals surface area contributed by atoms with Crippen molar-refractivity contribution in [2.24, 2.45) is 16.7 Å². The van der Waals surface area contributed by atoms with Gasteiger partial charge in [-0.1, -0.05) is 6.92 Å². The van der Waals surface area contributed by atoms with E-state index >= 15 is 0 Å². The van der Waals surface area contributed by atoms with Crippen molar-refractivity contribution in [1.82, 2.24) is 0 Å². The quantitative estimate of drug-likeness (QED) is 0.626. The maximum Gasteiger partial charge on any atom is 0.309 e. The van der Waals surface area contributed by atoms with Gasteiger partial charge < -0.3 is 5.11 Å². The number of aliphatic carboxylic acids is 1. The summed E-state index contributed by atoms with van der Waals surface area (Å²) in [6.07, 6.45) is 3.17. The van der Waals surface area contributed by atoms with Gasteiger partial charge in [0.2, 0.25) is 0 Å². The highest BCUT2D eigenvalue weighted by molar-refractivity contribution is 5.76. The molecule has 0 amide bonds. The molecule has 0 spiro atoms. The van der Waals surface area contributed by atoms with Gasteiger partial charge >= 0.3 is 5.97 Å². The van der Waals surface area contributed by atoms with E-state index in [0.717, 1.165) is 19.3 Å². The number of carboxylic acid groups (broad SMARTS) is 1. The van der Waals surface area contributed by atoms with E-state index in [4.69, 9.17) is 5.11 Å². The molecule has 3 fully saturated rings. The van der Waals surface area contributed by atoms with Gasteiger partial charge in [-0.15, -0.1) is 0 Å². The fourth-order valence-electron chi connectivity index (χ4n) is 2.98. The van der Waals surface area contributed by atoms with Gasteiger partial charge in [0.05, 0.1) is 5.41 Å². The summed E-state index contributed by atoms with van der Waals surface area (Å²) < 4.78 is 0. The fourth-order valence-corrected chi connectivity index (χ4v) is 2.98. The van der Waals surface area contributed by atoms with Gasteiger partial charge in [-0.25, -0.2) is 0 Å². The first kappa shape index (κ1) is 7.14. The second kappa shape index (κ2) is 1.62. The highest BCUT2D eigenvalue weighted by atomic mass is 16.4. The Hall–Kier alpha value is -0.530. The van der Waals surface area contributed by atoms with Gasteiger partial charge in [-0.2, -0.15) is 0 Å².